The minimum Gasteiger partial charge on any atom is -0.456 e. The van der Waals surface area contributed by atoms with Gasteiger partial charge in [0.15, 0.2) is 17.5 Å². The zero-order valence-electron chi connectivity index (χ0n) is 25.1. The molecule has 9 aromatic rings. The number of para-hydroxylation sites is 3. The SMILES string of the molecule is c1ccc(-c2nc(-c3ccccc3)nc(-c3ccc(-c4nc5ccccc5nc4-c4ccc5oc6ccccc6c5c4)cc3)n2)cc1. The molecule has 6 heteroatoms. The van der Waals surface area contributed by atoms with Crippen molar-refractivity contribution in [2.24, 2.45) is 0 Å². The highest BCUT2D eigenvalue weighted by Gasteiger charge is 2.17. The van der Waals surface area contributed by atoms with Crippen molar-refractivity contribution in [3.05, 3.63) is 152 Å². The number of benzene rings is 6. The van der Waals surface area contributed by atoms with Crippen LogP contribution in [-0.4, -0.2) is 24.9 Å². The molecule has 3 heterocycles. The summed E-state index contributed by atoms with van der Waals surface area (Å²) in [4.78, 5) is 24.9. The molecule has 0 amide bonds. The first-order valence-corrected chi connectivity index (χ1v) is 15.4. The van der Waals surface area contributed by atoms with Crippen LogP contribution in [0.5, 0.6) is 0 Å². The molecule has 6 aromatic carbocycles. The van der Waals surface area contributed by atoms with Crippen LogP contribution in [0.4, 0.5) is 0 Å². The molecule has 0 N–H and O–H groups in total. The van der Waals surface area contributed by atoms with Gasteiger partial charge in [-0.3, -0.25) is 0 Å². The lowest BCUT2D eigenvalue weighted by Gasteiger charge is -2.12. The van der Waals surface area contributed by atoms with E-state index in [1.165, 1.54) is 0 Å². The predicted octanol–water partition coefficient (Wildman–Crippen LogP) is 10.0. The highest BCUT2D eigenvalue weighted by Crippen LogP contribution is 2.36. The highest BCUT2D eigenvalue weighted by molar-refractivity contribution is 6.06. The number of fused-ring (bicyclic) bond motifs is 4. The lowest BCUT2D eigenvalue weighted by atomic mass is 10.0. The van der Waals surface area contributed by atoms with Gasteiger partial charge in [0.2, 0.25) is 0 Å². The lowest BCUT2D eigenvalue weighted by Crippen LogP contribution is -2.00. The van der Waals surface area contributed by atoms with Gasteiger partial charge in [0, 0.05) is 38.6 Å². The smallest absolute Gasteiger partial charge is 0.164 e. The van der Waals surface area contributed by atoms with Crippen LogP contribution in [0.15, 0.2) is 156 Å². The van der Waals surface area contributed by atoms with E-state index in [1.54, 1.807) is 0 Å². The van der Waals surface area contributed by atoms with Crippen molar-refractivity contribution in [1.82, 2.24) is 24.9 Å². The van der Waals surface area contributed by atoms with Crippen LogP contribution in [-0.2, 0) is 0 Å². The van der Waals surface area contributed by atoms with E-state index in [1.807, 2.05) is 121 Å². The zero-order chi connectivity index (χ0) is 31.2. The standard InChI is InChI=1S/C41H25N5O/c1-3-11-27(12-4-1)39-44-40(28-13-5-2-6-14-28)46-41(45-39)29-21-19-26(20-22-29)37-38(43-34-17-9-8-16-33(34)42-37)30-23-24-36-32(25-30)31-15-7-10-18-35(31)47-36/h1-25H. The van der Waals surface area contributed by atoms with Crippen molar-refractivity contribution in [2.75, 3.05) is 0 Å². The summed E-state index contributed by atoms with van der Waals surface area (Å²) in [7, 11) is 0. The topological polar surface area (TPSA) is 77.6 Å². The second-order valence-electron chi connectivity index (χ2n) is 11.3. The molecule has 6 nitrogen and oxygen atoms in total. The quantitative estimate of drug-likeness (QED) is 0.195. The summed E-state index contributed by atoms with van der Waals surface area (Å²) in [5, 5.41) is 2.12. The summed E-state index contributed by atoms with van der Waals surface area (Å²) in [5.41, 5.74) is 9.66. The summed E-state index contributed by atoms with van der Waals surface area (Å²) in [6, 6.07) is 50.5. The molecule has 47 heavy (non-hydrogen) atoms. The Morgan fingerprint density at radius 1 is 0.319 bits per heavy atom. The summed E-state index contributed by atoms with van der Waals surface area (Å²) >= 11 is 0. The molecule has 0 bridgehead atoms. The Morgan fingerprint density at radius 2 is 0.766 bits per heavy atom. The molecule has 0 fully saturated rings. The van der Waals surface area contributed by atoms with E-state index in [0.29, 0.717) is 17.5 Å². The van der Waals surface area contributed by atoms with Crippen LogP contribution in [0, 0.1) is 0 Å². The van der Waals surface area contributed by atoms with E-state index in [0.717, 1.165) is 72.2 Å². The maximum Gasteiger partial charge on any atom is 0.164 e. The summed E-state index contributed by atoms with van der Waals surface area (Å²) in [5.74, 6) is 1.86. The molecule has 220 valence electrons. The van der Waals surface area contributed by atoms with Gasteiger partial charge in [-0.15, -0.1) is 0 Å². The summed E-state index contributed by atoms with van der Waals surface area (Å²) < 4.78 is 6.10. The lowest BCUT2D eigenvalue weighted by molar-refractivity contribution is 0.669. The second-order valence-corrected chi connectivity index (χ2v) is 11.3. The van der Waals surface area contributed by atoms with Crippen LogP contribution in [0.3, 0.4) is 0 Å². The Labute approximate surface area is 270 Å². The third-order valence-corrected chi connectivity index (χ3v) is 8.34. The molecule has 0 radical (unpaired) electrons. The molecule has 9 rings (SSSR count). The largest absolute Gasteiger partial charge is 0.456 e. The van der Waals surface area contributed by atoms with Crippen molar-refractivity contribution in [3.8, 4) is 56.7 Å². The number of rotatable bonds is 5. The normalized spacial score (nSPS) is 11.4. The first-order chi connectivity index (χ1) is 23.3. The highest BCUT2D eigenvalue weighted by atomic mass is 16.3. The first kappa shape index (κ1) is 26.8. The summed E-state index contributed by atoms with van der Waals surface area (Å²) in [6.07, 6.45) is 0. The molecule has 0 atom stereocenters. The maximum absolute atomic E-state index is 6.10. The molecule has 0 aliphatic heterocycles. The van der Waals surface area contributed by atoms with Gasteiger partial charge < -0.3 is 4.42 Å². The van der Waals surface area contributed by atoms with E-state index in [2.05, 4.69) is 30.3 Å². The number of hydrogen-bond donors (Lipinski definition) is 0. The van der Waals surface area contributed by atoms with Crippen molar-refractivity contribution in [2.45, 2.75) is 0 Å². The number of furan rings is 1. The molecular weight excluding hydrogens is 578 g/mol. The Balaban J connectivity index is 1.17. The van der Waals surface area contributed by atoms with Crippen LogP contribution in [0.25, 0.3) is 89.7 Å². The van der Waals surface area contributed by atoms with Gasteiger partial charge in [0.25, 0.3) is 0 Å². The third kappa shape index (κ3) is 4.89. The van der Waals surface area contributed by atoms with Crippen molar-refractivity contribution in [1.29, 1.82) is 0 Å². The summed E-state index contributed by atoms with van der Waals surface area (Å²) in [6.45, 7) is 0. The number of nitrogens with zero attached hydrogens (tertiary/aromatic N) is 5. The predicted molar refractivity (Wildman–Crippen MR) is 187 cm³/mol. The van der Waals surface area contributed by atoms with Gasteiger partial charge in [0.05, 0.1) is 22.4 Å². The third-order valence-electron chi connectivity index (χ3n) is 8.34. The number of aromatic nitrogens is 5. The Kier molecular flexibility index (Phi) is 6.35. The molecule has 0 saturated heterocycles. The molecule has 0 aliphatic rings. The Bertz CT molecular complexity index is 2500. The van der Waals surface area contributed by atoms with E-state index >= 15 is 0 Å². The zero-order valence-corrected chi connectivity index (χ0v) is 25.1. The second kappa shape index (κ2) is 11.1. The average Bonchev–Trinajstić information content (AvgIpc) is 3.53. The maximum atomic E-state index is 6.10. The van der Waals surface area contributed by atoms with Gasteiger partial charge in [-0.05, 0) is 36.4 Å². The fraction of sp³-hybridized carbons (Fsp3) is 0. The molecule has 0 saturated carbocycles. The number of hydrogen-bond acceptors (Lipinski definition) is 6. The van der Waals surface area contributed by atoms with Crippen molar-refractivity contribution >= 4 is 33.0 Å². The van der Waals surface area contributed by atoms with Gasteiger partial charge >= 0.3 is 0 Å². The molecule has 0 aliphatic carbocycles. The van der Waals surface area contributed by atoms with Gasteiger partial charge in [0.1, 0.15) is 11.2 Å². The van der Waals surface area contributed by atoms with Gasteiger partial charge in [-0.1, -0.05) is 115 Å². The molecule has 3 aromatic heterocycles. The average molecular weight is 604 g/mol. The Morgan fingerprint density at radius 3 is 1.38 bits per heavy atom. The van der Waals surface area contributed by atoms with Crippen LogP contribution in [0.1, 0.15) is 0 Å². The van der Waals surface area contributed by atoms with E-state index in [-0.39, 0.29) is 0 Å². The fourth-order valence-corrected chi connectivity index (χ4v) is 5.99. The molecule has 0 unspecified atom stereocenters. The van der Waals surface area contributed by atoms with Crippen LogP contribution < -0.4 is 0 Å². The van der Waals surface area contributed by atoms with E-state index in [4.69, 9.17) is 29.3 Å². The fourth-order valence-electron chi connectivity index (χ4n) is 5.99. The van der Waals surface area contributed by atoms with Gasteiger partial charge in [-0.25, -0.2) is 24.9 Å². The molecule has 0 spiro atoms. The minimum absolute atomic E-state index is 0.603. The van der Waals surface area contributed by atoms with Crippen LogP contribution in [0.2, 0.25) is 0 Å². The van der Waals surface area contributed by atoms with Crippen molar-refractivity contribution in [3.63, 3.8) is 0 Å². The minimum atomic E-state index is 0.603. The van der Waals surface area contributed by atoms with Crippen LogP contribution >= 0.6 is 0 Å². The Hall–Kier alpha value is -6.53. The molecular formula is C41H25N5O. The van der Waals surface area contributed by atoms with E-state index < -0.39 is 0 Å². The van der Waals surface area contributed by atoms with E-state index in [9.17, 15) is 0 Å². The monoisotopic (exact) mass is 603 g/mol. The van der Waals surface area contributed by atoms with Gasteiger partial charge in [-0.2, -0.15) is 0 Å². The first-order valence-electron chi connectivity index (χ1n) is 15.4. The van der Waals surface area contributed by atoms with Crippen molar-refractivity contribution < 1.29 is 4.42 Å².